The molecule has 354 valence electrons. The van der Waals surface area contributed by atoms with Gasteiger partial charge in [-0.05, 0) is 170 Å². The van der Waals surface area contributed by atoms with E-state index in [1.54, 1.807) is 0 Å². The van der Waals surface area contributed by atoms with Crippen LogP contribution in [-0.4, -0.2) is 112 Å². The lowest BCUT2D eigenvalue weighted by molar-refractivity contribution is -0.932. The van der Waals surface area contributed by atoms with Gasteiger partial charge < -0.3 is 14.5 Å². The number of fused-ring (bicyclic) bond motifs is 7. The summed E-state index contributed by atoms with van der Waals surface area (Å²) in [5.41, 5.74) is 4.56. The van der Waals surface area contributed by atoms with E-state index in [4.69, 9.17) is 4.74 Å². The number of ketones is 1. The molecule has 8 rings (SSSR count). The molecule has 0 spiro atoms. The molecule has 2 aliphatic heterocycles. The van der Waals surface area contributed by atoms with E-state index in [0.717, 1.165) is 100 Å². The van der Waals surface area contributed by atoms with Crippen molar-refractivity contribution in [1.82, 2.24) is 10.2 Å². The zero-order valence-corrected chi connectivity index (χ0v) is 41.7. The number of likely N-dealkylation sites (tertiary alicyclic amines) is 2. The third kappa shape index (κ3) is 8.02. The lowest BCUT2D eigenvalue weighted by Crippen LogP contribution is -2.66. The van der Waals surface area contributed by atoms with Crippen LogP contribution in [0.5, 0.6) is 0 Å². The van der Waals surface area contributed by atoms with Gasteiger partial charge in [-0.15, -0.1) is 0 Å². The summed E-state index contributed by atoms with van der Waals surface area (Å²) in [6, 6.07) is 0. The second-order valence-corrected chi connectivity index (χ2v) is 26.8. The van der Waals surface area contributed by atoms with Crippen LogP contribution in [0.3, 0.4) is 0 Å². The molecular weight excluding hydrogens is 810 g/mol. The van der Waals surface area contributed by atoms with Crippen LogP contribution in [0.4, 0.5) is 4.39 Å². The number of rotatable bonds is 13. The summed E-state index contributed by atoms with van der Waals surface area (Å²) in [5, 5.41) is 4.08. The fourth-order valence-electron chi connectivity index (χ4n) is 16.7. The van der Waals surface area contributed by atoms with Gasteiger partial charge in [0.15, 0.2) is 5.78 Å². The van der Waals surface area contributed by atoms with E-state index < -0.39 is 22.1 Å². The van der Waals surface area contributed by atoms with Gasteiger partial charge in [-0.1, -0.05) is 67.5 Å². The Morgan fingerprint density at radius 1 is 0.905 bits per heavy atom. The van der Waals surface area contributed by atoms with Crippen molar-refractivity contribution in [3.63, 3.8) is 0 Å². The molecule has 0 aromatic heterocycles. The highest BCUT2D eigenvalue weighted by Gasteiger charge is 2.69. The van der Waals surface area contributed by atoms with Gasteiger partial charge in [-0.2, -0.15) is 0 Å². The zero-order chi connectivity index (χ0) is 45.4. The lowest BCUT2D eigenvalue weighted by Gasteiger charge is -2.71. The summed E-state index contributed by atoms with van der Waals surface area (Å²) in [7, 11) is -2.98. The second kappa shape index (κ2) is 17.0. The van der Waals surface area contributed by atoms with Crippen LogP contribution >= 0.6 is 0 Å². The largest absolute Gasteiger partial charge is 0.458 e. The Morgan fingerprint density at radius 3 is 2.24 bits per heavy atom. The van der Waals surface area contributed by atoms with Crippen LogP contribution in [0.2, 0.25) is 0 Å². The molecular formula is C53H85FN3O5S+. The maximum Gasteiger partial charge on any atom is 0.293 e. The molecule has 63 heavy (non-hydrogen) atoms. The fourth-order valence-corrected chi connectivity index (χ4v) is 17.8. The molecule has 8 atom stereocenters. The Morgan fingerprint density at radius 2 is 1.62 bits per heavy atom. The Labute approximate surface area is 381 Å². The van der Waals surface area contributed by atoms with Gasteiger partial charge in [0.05, 0.1) is 31.4 Å². The number of nitrogens with zero attached hydrogens (tertiary/aromatic N) is 2. The number of Topliss-reactive ketones (excluding diaryl/α,β-unsaturated/α-hetero) is 1. The average molecular weight is 895 g/mol. The molecule has 10 heteroatoms. The van der Waals surface area contributed by atoms with Crippen LogP contribution in [0.15, 0.2) is 34.4 Å². The number of hydrogen-bond acceptors (Lipinski definition) is 7. The van der Waals surface area contributed by atoms with E-state index >= 15 is 0 Å². The molecule has 3 saturated carbocycles. The molecule has 0 amide bonds. The molecule has 0 unspecified atom stereocenters. The third-order valence-corrected chi connectivity index (χ3v) is 22.4. The van der Waals surface area contributed by atoms with Gasteiger partial charge in [0, 0.05) is 37.7 Å². The van der Waals surface area contributed by atoms with E-state index in [1.807, 2.05) is 0 Å². The molecule has 0 aromatic rings. The SMILES string of the molecule is CC1CC[N+](CCN[C@@]23CC[C@]4(C)[C@H](CC[C@@H]5[C@@]6(C)CC=C(C7=CC[C@](CF)(OC=O)CC7)C(C)(C)[C@@H]6CC[C@]54C)C2=C(C(C)C)C(=O)C3)(CCN2CCC(S(C)(=O)=O)CC2)CC1. The monoisotopic (exact) mass is 895 g/mol. The Kier molecular flexibility index (Phi) is 12.9. The minimum atomic E-state index is -2.98. The first-order chi connectivity index (χ1) is 29.6. The number of halogens is 1. The van der Waals surface area contributed by atoms with Crippen LogP contribution in [0.1, 0.15) is 152 Å². The molecule has 2 saturated heterocycles. The van der Waals surface area contributed by atoms with Gasteiger partial charge in [0.1, 0.15) is 22.1 Å². The van der Waals surface area contributed by atoms with Gasteiger partial charge in [-0.3, -0.25) is 14.5 Å². The number of carbonyl (C=O) groups excluding carboxylic acids is 2. The molecule has 1 N–H and O–H groups in total. The van der Waals surface area contributed by atoms with Crippen LogP contribution in [-0.2, 0) is 24.2 Å². The van der Waals surface area contributed by atoms with Crippen LogP contribution in [0.25, 0.3) is 0 Å². The summed E-state index contributed by atoms with van der Waals surface area (Å²) in [5.74, 6) is 2.89. The maximum atomic E-state index is 14.4. The fraction of sp³-hybridized carbons (Fsp3) is 0.849. The molecule has 6 aliphatic carbocycles. The minimum absolute atomic E-state index is 0.0165. The van der Waals surface area contributed by atoms with Crippen LogP contribution < -0.4 is 5.32 Å². The zero-order valence-electron chi connectivity index (χ0n) is 40.9. The predicted molar refractivity (Wildman–Crippen MR) is 251 cm³/mol. The van der Waals surface area contributed by atoms with E-state index in [9.17, 15) is 22.4 Å². The number of piperidine rings is 2. The number of allylic oxidation sites excluding steroid dienone is 4. The molecule has 8 aliphatic rings. The molecule has 0 radical (unpaired) electrons. The topological polar surface area (TPSA) is 92.8 Å². The first-order valence-corrected chi connectivity index (χ1v) is 27.4. The number of sulfone groups is 1. The maximum absolute atomic E-state index is 14.4. The second-order valence-electron chi connectivity index (χ2n) is 24.5. The number of alkyl halides is 1. The quantitative estimate of drug-likeness (QED) is 0.146. The highest BCUT2D eigenvalue weighted by Crippen LogP contribution is 2.76. The normalized spacial score (nSPS) is 42.2. The van der Waals surface area contributed by atoms with Gasteiger partial charge in [0.2, 0.25) is 0 Å². The van der Waals surface area contributed by atoms with Crippen molar-refractivity contribution in [1.29, 1.82) is 0 Å². The highest BCUT2D eigenvalue weighted by molar-refractivity contribution is 7.91. The van der Waals surface area contributed by atoms with E-state index in [-0.39, 0.29) is 38.4 Å². The number of nitrogens with one attached hydrogen (secondary N) is 1. The Hall–Kier alpha value is -1.88. The third-order valence-electron chi connectivity index (χ3n) is 20.7. The average Bonchev–Trinajstić information content (AvgIpc) is 3.53. The summed E-state index contributed by atoms with van der Waals surface area (Å²) < 4.78 is 45.1. The number of quaternary nitrogens is 1. The summed E-state index contributed by atoms with van der Waals surface area (Å²) in [6.45, 7) is 27.9. The smallest absolute Gasteiger partial charge is 0.293 e. The Bertz CT molecular complexity index is 1980. The molecule has 8 nitrogen and oxygen atoms in total. The van der Waals surface area contributed by atoms with Crippen molar-refractivity contribution in [2.75, 3.05) is 65.3 Å². The minimum Gasteiger partial charge on any atom is -0.458 e. The Balaban J connectivity index is 1.01. The summed E-state index contributed by atoms with van der Waals surface area (Å²) >= 11 is 0. The number of ether oxygens (including phenoxy) is 1. The molecule has 2 heterocycles. The van der Waals surface area contributed by atoms with Crippen LogP contribution in [0, 0.1) is 51.2 Å². The highest BCUT2D eigenvalue weighted by atomic mass is 32.2. The number of hydrogen-bond donors (Lipinski definition) is 1. The summed E-state index contributed by atoms with van der Waals surface area (Å²) in [4.78, 5) is 28.2. The van der Waals surface area contributed by atoms with Gasteiger partial charge in [0.25, 0.3) is 6.47 Å². The number of carbonyl (C=O) groups is 2. The predicted octanol–water partition coefficient (Wildman–Crippen LogP) is 9.59. The van der Waals surface area contributed by atoms with Crippen molar-refractivity contribution in [2.45, 2.75) is 168 Å². The molecule has 0 bridgehead atoms. The lowest BCUT2D eigenvalue weighted by atomic mass is 9.33. The van der Waals surface area contributed by atoms with Crippen molar-refractivity contribution in [3.05, 3.63) is 34.4 Å². The summed E-state index contributed by atoms with van der Waals surface area (Å²) in [6.07, 6.45) is 20.5. The van der Waals surface area contributed by atoms with Crippen molar-refractivity contribution < 1.29 is 31.6 Å². The van der Waals surface area contributed by atoms with Gasteiger partial charge in [-0.25, -0.2) is 12.8 Å². The first kappa shape index (κ1) is 47.6. The first-order valence-electron chi connectivity index (χ1n) is 25.5. The van der Waals surface area contributed by atoms with E-state index in [0.29, 0.717) is 49.3 Å². The molecule has 5 fully saturated rings. The standard InChI is InChI=1S/C53H85FN3O5S/c1-37(2)46-43(59)34-53(55-26-32-57(30-18-38(3)19-31-57)33-29-56-27-16-40(17-28-56)63(9,60)61)25-24-50(7)42(47(46)53)10-11-45-49(6)20-14-41(48(4,5)44(49)15-21-51(45,50)8)39-12-22-52(35-54,23-13-39)62-36-58/h12,14,36-38,40,42,44-45,55H,10-11,13,15-35H2,1-9H3/q+1/t38?,42-,44+,45-,49+,50-,51-,52+,53-,57?/m1/s1. The van der Waals surface area contributed by atoms with Gasteiger partial charge >= 0.3 is 0 Å². The van der Waals surface area contributed by atoms with E-state index in [1.165, 1.54) is 68.2 Å². The van der Waals surface area contributed by atoms with Crippen molar-refractivity contribution in [3.8, 4) is 0 Å². The van der Waals surface area contributed by atoms with E-state index in [2.05, 4.69) is 77.8 Å². The van der Waals surface area contributed by atoms with Crippen molar-refractivity contribution in [2.24, 2.45) is 51.2 Å². The molecule has 0 aromatic carbocycles. The van der Waals surface area contributed by atoms with Crippen molar-refractivity contribution >= 4 is 22.1 Å².